The third-order valence-corrected chi connectivity index (χ3v) is 4.15. The minimum atomic E-state index is -0.336. The van der Waals surface area contributed by atoms with Gasteiger partial charge in [0.15, 0.2) is 0 Å². The minimum absolute atomic E-state index is 0.288. The molecule has 0 atom stereocenters. The molecule has 7 heteroatoms. The van der Waals surface area contributed by atoms with Crippen LogP contribution in [-0.4, -0.2) is 22.6 Å². The highest BCUT2D eigenvalue weighted by molar-refractivity contribution is 9.10. The largest absolute Gasteiger partial charge is 0.496 e. The van der Waals surface area contributed by atoms with E-state index in [0.717, 1.165) is 10.0 Å². The van der Waals surface area contributed by atoms with Crippen LogP contribution in [0.2, 0.25) is 0 Å². The summed E-state index contributed by atoms with van der Waals surface area (Å²) in [6.45, 7) is 0.302. The Labute approximate surface area is 152 Å². The van der Waals surface area contributed by atoms with Gasteiger partial charge >= 0.3 is 0 Å². The summed E-state index contributed by atoms with van der Waals surface area (Å²) >= 11 is 3.41. The van der Waals surface area contributed by atoms with E-state index < -0.39 is 0 Å². The summed E-state index contributed by atoms with van der Waals surface area (Å²) in [5.41, 5.74) is 1.86. The molecule has 25 heavy (non-hydrogen) atoms. The first-order valence-electron chi connectivity index (χ1n) is 7.47. The van der Waals surface area contributed by atoms with Gasteiger partial charge in [0.1, 0.15) is 17.3 Å². The molecule has 2 aromatic carbocycles. The molecule has 3 aromatic rings. The summed E-state index contributed by atoms with van der Waals surface area (Å²) in [5.74, 6) is 0.0658. The van der Waals surface area contributed by atoms with E-state index in [1.54, 1.807) is 23.8 Å². The van der Waals surface area contributed by atoms with Gasteiger partial charge in [-0.05, 0) is 42.5 Å². The first-order chi connectivity index (χ1) is 12.1. The molecule has 0 aliphatic carbocycles. The number of methoxy groups -OCH3 is 1. The molecule has 1 heterocycles. The number of carbonyl (C=O) groups is 1. The Bertz CT molecular complexity index is 894. The van der Waals surface area contributed by atoms with Crippen molar-refractivity contribution in [2.45, 2.75) is 6.54 Å². The highest BCUT2D eigenvalue weighted by Gasteiger charge is 2.14. The molecule has 0 saturated heterocycles. The predicted octanol–water partition coefficient (Wildman–Crippen LogP) is 3.71. The molecule has 0 aliphatic rings. The lowest BCUT2D eigenvalue weighted by atomic mass is 10.2. The summed E-state index contributed by atoms with van der Waals surface area (Å²) in [4.78, 5) is 16.5. The Balaban J connectivity index is 1.78. The molecule has 0 aliphatic heterocycles. The first-order valence-corrected chi connectivity index (χ1v) is 8.26. The smallest absolute Gasteiger partial charge is 0.270 e. The van der Waals surface area contributed by atoms with E-state index in [0.29, 0.717) is 23.7 Å². The van der Waals surface area contributed by atoms with E-state index in [2.05, 4.69) is 26.2 Å². The highest BCUT2D eigenvalue weighted by atomic mass is 79.9. The van der Waals surface area contributed by atoms with Gasteiger partial charge in [0, 0.05) is 22.3 Å². The molecule has 5 nitrogen and oxygen atoms in total. The van der Waals surface area contributed by atoms with Gasteiger partial charge in [-0.1, -0.05) is 15.9 Å². The Hall–Kier alpha value is -2.67. The van der Waals surface area contributed by atoms with Crippen molar-refractivity contribution in [2.75, 3.05) is 7.11 Å². The maximum Gasteiger partial charge on any atom is 0.270 e. The quantitative estimate of drug-likeness (QED) is 0.706. The van der Waals surface area contributed by atoms with Crippen molar-refractivity contribution >= 4 is 21.8 Å². The van der Waals surface area contributed by atoms with Crippen LogP contribution in [0.3, 0.4) is 0 Å². The molecule has 0 saturated carbocycles. The van der Waals surface area contributed by atoms with E-state index in [4.69, 9.17) is 4.74 Å². The second kappa shape index (κ2) is 7.48. The zero-order valence-corrected chi connectivity index (χ0v) is 15.0. The first kappa shape index (κ1) is 17.2. The summed E-state index contributed by atoms with van der Waals surface area (Å²) < 4.78 is 20.9. The maximum absolute atomic E-state index is 13.1. The van der Waals surface area contributed by atoms with E-state index >= 15 is 0 Å². The normalized spacial score (nSPS) is 10.5. The maximum atomic E-state index is 13.1. The van der Waals surface area contributed by atoms with Gasteiger partial charge in [0.2, 0.25) is 0 Å². The average molecular weight is 404 g/mol. The van der Waals surface area contributed by atoms with Crippen LogP contribution in [0.4, 0.5) is 4.39 Å². The van der Waals surface area contributed by atoms with Gasteiger partial charge in [0.05, 0.1) is 19.6 Å². The molecule has 0 fully saturated rings. The summed E-state index contributed by atoms with van der Waals surface area (Å²) in [6, 6.07) is 11.4. The third-order valence-electron chi connectivity index (χ3n) is 3.66. The van der Waals surface area contributed by atoms with E-state index in [9.17, 15) is 9.18 Å². The molecule has 0 radical (unpaired) electrons. The van der Waals surface area contributed by atoms with Crippen LogP contribution in [0, 0.1) is 5.82 Å². The van der Waals surface area contributed by atoms with Crippen LogP contribution in [0.1, 0.15) is 16.1 Å². The Kier molecular flexibility index (Phi) is 5.14. The number of imidazole rings is 1. The summed E-state index contributed by atoms with van der Waals surface area (Å²) in [7, 11) is 1.58. The number of benzene rings is 2. The summed E-state index contributed by atoms with van der Waals surface area (Å²) in [5, 5.41) is 2.85. The van der Waals surface area contributed by atoms with Crippen molar-refractivity contribution in [1.29, 1.82) is 0 Å². The van der Waals surface area contributed by atoms with Crippen LogP contribution >= 0.6 is 15.9 Å². The number of nitrogens with zero attached hydrogens (tertiary/aromatic N) is 2. The fourth-order valence-electron chi connectivity index (χ4n) is 2.42. The Morgan fingerprint density at radius 2 is 2.04 bits per heavy atom. The van der Waals surface area contributed by atoms with Gasteiger partial charge in [-0.2, -0.15) is 0 Å². The zero-order chi connectivity index (χ0) is 17.8. The molecular formula is C18H15BrFN3O2. The Morgan fingerprint density at radius 3 is 2.76 bits per heavy atom. The molecule has 1 N–H and O–H groups in total. The number of halogens is 2. The van der Waals surface area contributed by atoms with Crippen molar-refractivity contribution in [3.05, 3.63) is 76.5 Å². The second-order valence-corrected chi connectivity index (χ2v) is 6.18. The lowest BCUT2D eigenvalue weighted by Crippen LogP contribution is -2.25. The van der Waals surface area contributed by atoms with E-state index in [1.165, 1.54) is 24.7 Å². The number of aromatic nitrogens is 2. The average Bonchev–Trinajstić information content (AvgIpc) is 3.10. The van der Waals surface area contributed by atoms with Crippen LogP contribution in [-0.2, 0) is 6.54 Å². The SMILES string of the molecule is COc1ccc(Br)cc1CNC(=O)c1cncn1-c1ccc(F)cc1. The van der Waals surface area contributed by atoms with Gasteiger partial charge < -0.3 is 10.1 Å². The molecule has 3 rings (SSSR count). The van der Waals surface area contributed by atoms with Gasteiger partial charge in [-0.25, -0.2) is 9.37 Å². The van der Waals surface area contributed by atoms with E-state index in [-0.39, 0.29) is 11.7 Å². The van der Waals surface area contributed by atoms with Crippen molar-refractivity contribution in [1.82, 2.24) is 14.9 Å². The number of amides is 1. The van der Waals surface area contributed by atoms with E-state index in [1.807, 2.05) is 18.2 Å². The number of nitrogens with one attached hydrogen (secondary N) is 1. The molecule has 0 unspecified atom stereocenters. The van der Waals surface area contributed by atoms with Crippen LogP contribution in [0.25, 0.3) is 5.69 Å². The van der Waals surface area contributed by atoms with Crippen molar-refractivity contribution < 1.29 is 13.9 Å². The van der Waals surface area contributed by atoms with Gasteiger partial charge in [-0.15, -0.1) is 0 Å². The van der Waals surface area contributed by atoms with Crippen molar-refractivity contribution in [2.24, 2.45) is 0 Å². The van der Waals surface area contributed by atoms with Gasteiger partial charge in [-0.3, -0.25) is 9.36 Å². The number of ether oxygens (including phenoxy) is 1. The summed E-state index contributed by atoms with van der Waals surface area (Å²) in [6.07, 6.45) is 2.98. The lowest BCUT2D eigenvalue weighted by molar-refractivity contribution is 0.0944. The number of carbonyl (C=O) groups excluding carboxylic acids is 1. The number of hydrogen-bond donors (Lipinski definition) is 1. The van der Waals surface area contributed by atoms with Gasteiger partial charge in [0.25, 0.3) is 5.91 Å². The minimum Gasteiger partial charge on any atom is -0.496 e. The fraction of sp³-hybridized carbons (Fsp3) is 0.111. The number of hydrogen-bond acceptors (Lipinski definition) is 3. The zero-order valence-electron chi connectivity index (χ0n) is 13.4. The molecule has 0 bridgehead atoms. The molecule has 1 amide bonds. The second-order valence-electron chi connectivity index (χ2n) is 5.26. The molecular weight excluding hydrogens is 389 g/mol. The molecule has 1 aromatic heterocycles. The van der Waals surface area contributed by atoms with Crippen LogP contribution < -0.4 is 10.1 Å². The van der Waals surface area contributed by atoms with Crippen molar-refractivity contribution in [3.8, 4) is 11.4 Å². The standard InChI is InChI=1S/C18H15BrFN3O2/c1-25-17-7-2-13(19)8-12(17)9-22-18(24)16-10-21-11-23(16)15-5-3-14(20)4-6-15/h2-8,10-11H,9H2,1H3,(H,22,24). The van der Waals surface area contributed by atoms with Crippen LogP contribution in [0.5, 0.6) is 5.75 Å². The predicted molar refractivity (Wildman–Crippen MR) is 95.4 cm³/mol. The molecule has 128 valence electrons. The monoisotopic (exact) mass is 403 g/mol. The lowest BCUT2D eigenvalue weighted by Gasteiger charge is -2.11. The highest BCUT2D eigenvalue weighted by Crippen LogP contribution is 2.23. The third kappa shape index (κ3) is 3.88. The van der Waals surface area contributed by atoms with Crippen LogP contribution in [0.15, 0.2) is 59.5 Å². The topological polar surface area (TPSA) is 56.1 Å². The molecule has 0 spiro atoms. The fourth-order valence-corrected chi connectivity index (χ4v) is 2.83. The number of rotatable bonds is 5. The van der Waals surface area contributed by atoms with Crippen molar-refractivity contribution in [3.63, 3.8) is 0 Å². The Morgan fingerprint density at radius 1 is 1.28 bits per heavy atom.